The normalized spacial score (nSPS) is 11.0. The van der Waals surface area contributed by atoms with Gasteiger partial charge in [0.05, 0.1) is 16.7 Å². The van der Waals surface area contributed by atoms with E-state index in [4.69, 9.17) is 11.6 Å². The third-order valence-electron chi connectivity index (χ3n) is 4.06. The van der Waals surface area contributed by atoms with Gasteiger partial charge >= 0.3 is 0 Å². The highest BCUT2D eigenvalue weighted by Gasteiger charge is 2.13. The maximum Gasteiger partial charge on any atom is 0.262 e. The van der Waals surface area contributed by atoms with Gasteiger partial charge in [0.15, 0.2) is 5.16 Å². The Morgan fingerprint density at radius 3 is 2.71 bits per heavy atom. The molecule has 0 bridgehead atoms. The van der Waals surface area contributed by atoms with Crippen molar-refractivity contribution in [2.45, 2.75) is 31.6 Å². The number of hydrogen-bond acceptors (Lipinski definition) is 4. The van der Waals surface area contributed by atoms with Crippen LogP contribution in [0.3, 0.4) is 0 Å². The maximum atomic E-state index is 12.9. The standard InChI is InChI=1S/C20H19BrClN3O2S/c1-2-9-25-19(27)16-10-14(21)5-8-17(16)24-20(25)28-12-18(26)23-11-13-3-6-15(22)7-4-13/h3-8,10H,2,9,11-12H2,1H3,(H,23,26). The number of benzene rings is 2. The van der Waals surface area contributed by atoms with Crippen LogP contribution in [0, 0.1) is 0 Å². The molecule has 0 fully saturated rings. The summed E-state index contributed by atoms with van der Waals surface area (Å²) in [7, 11) is 0. The van der Waals surface area contributed by atoms with Gasteiger partial charge < -0.3 is 5.32 Å². The number of aromatic nitrogens is 2. The molecule has 1 N–H and O–H groups in total. The second-order valence-electron chi connectivity index (χ2n) is 6.20. The Morgan fingerprint density at radius 1 is 1.25 bits per heavy atom. The maximum absolute atomic E-state index is 12.9. The molecule has 0 unspecified atom stereocenters. The first-order chi connectivity index (χ1) is 13.5. The Balaban J connectivity index is 1.72. The van der Waals surface area contributed by atoms with Gasteiger partial charge in [-0.25, -0.2) is 4.98 Å². The molecule has 0 aliphatic rings. The molecule has 3 aromatic rings. The van der Waals surface area contributed by atoms with Crippen LogP contribution in [0.2, 0.25) is 5.02 Å². The summed E-state index contributed by atoms with van der Waals surface area (Å²) in [5.74, 6) is 0.0688. The molecule has 0 radical (unpaired) electrons. The van der Waals surface area contributed by atoms with E-state index in [-0.39, 0.29) is 17.2 Å². The minimum Gasteiger partial charge on any atom is -0.351 e. The first kappa shape index (κ1) is 20.9. The minimum atomic E-state index is -0.117. The summed E-state index contributed by atoms with van der Waals surface area (Å²) in [6.07, 6.45) is 0.803. The van der Waals surface area contributed by atoms with E-state index in [0.29, 0.717) is 34.2 Å². The fourth-order valence-electron chi connectivity index (χ4n) is 2.69. The number of nitrogens with one attached hydrogen (secondary N) is 1. The molecule has 28 heavy (non-hydrogen) atoms. The highest BCUT2D eigenvalue weighted by atomic mass is 79.9. The summed E-state index contributed by atoms with van der Waals surface area (Å²) >= 11 is 10.5. The van der Waals surface area contributed by atoms with Crippen molar-refractivity contribution in [3.05, 3.63) is 67.9 Å². The third kappa shape index (κ3) is 5.16. The molecule has 3 rings (SSSR count). The lowest BCUT2D eigenvalue weighted by Crippen LogP contribution is -2.26. The minimum absolute atomic E-state index is 0.0859. The molecular weight excluding hydrogens is 462 g/mol. The van der Waals surface area contributed by atoms with E-state index < -0.39 is 0 Å². The number of fused-ring (bicyclic) bond motifs is 1. The van der Waals surface area contributed by atoms with Gasteiger partial charge in [-0.3, -0.25) is 14.2 Å². The number of hydrogen-bond donors (Lipinski definition) is 1. The van der Waals surface area contributed by atoms with E-state index in [1.165, 1.54) is 11.8 Å². The van der Waals surface area contributed by atoms with Gasteiger partial charge in [0.1, 0.15) is 0 Å². The summed E-state index contributed by atoms with van der Waals surface area (Å²) < 4.78 is 2.48. The molecule has 0 atom stereocenters. The number of halogens is 2. The van der Waals surface area contributed by atoms with Gasteiger partial charge in [-0.2, -0.15) is 0 Å². The zero-order valence-electron chi connectivity index (χ0n) is 15.2. The molecule has 8 heteroatoms. The average Bonchev–Trinajstić information content (AvgIpc) is 2.69. The third-order valence-corrected chi connectivity index (χ3v) is 5.79. The Kier molecular flexibility index (Phi) is 7.15. The number of carbonyl (C=O) groups excluding carboxylic acids is 1. The Hall–Kier alpha value is -1.83. The summed E-state index contributed by atoms with van der Waals surface area (Å²) in [5.41, 5.74) is 1.52. The van der Waals surface area contributed by atoms with Gasteiger partial charge in [0, 0.05) is 22.6 Å². The van der Waals surface area contributed by atoms with Crippen molar-refractivity contribution < 1.29 is 4.79 Å². The lowest BCUT2D eigenvalue weighted by atomic mass is 10.2. The van der Waals surface area contributed by atoms with Gasteiger partial charge in [0.25, 0.3) is 5.56 Å². The van der Waals surface area contributed by atoms with Crippen LogP contribution in [-0.4, -0.2) is 21.2 Å². The lowest BCUT2D eigenvalue weighted by Gasteiger charge is -2.12. The van der Waals surface area contributed by atoms with Crippen molar-refractivity contribution in [2.24, 2.45) is 0 Å². The second-order valence-corrected chi connectivity index (χ2v) is 8.50. The van der Waals surface area contributed by atoms with Crippen molar-refractivity contribution in [3.8, 4) is 0 Å². The lowest BCUT2D eigenvalue weighted by molar-refractivity contribution is -0.118. The molecule has 1 amide bonds. The van der Waals surface area contributed by atoms with Crippen LogP contribution in [0.1, 0.15) is 18.9 Å². The van der Waals surface area contributed by atoms with Crippen molar-refractivity contribution in [3.63, 3.8) is 0 Å². The van der Waals surface area contributed by atoms with E-state index in [2.05, 4.69) is 26.2 Å². The molecule has 2 aromatic carbocycles. The predicted molar refractivity (Wildman–Crippen MR) is 118 cm³/mol. The molecule has 1 aromatic heterocycles. The van der Waals surface area contributed by atoms with Crippen molar-refractivity contribution in [2.75, 3.05) is 5.75 Å². The summed E-state index contributed by atoms with van der Waals surface area (Å²) in [5, 5.41) is 4.66. The topological polar surface area (TPSA) is 64.0 Å². The van der Waals surface area contributed by atoms with Crippen LogP contribution in [0.25, 0.3) is 10.9 Å². The van der Waals surface area contributed by atoms with Gasteiger partial charge in [-0.15, -0.1) is 0 Å². The molecule has 0 saturated heterocycles. The fourth-order valence-corrected chi connectivity index (χ4v) is 4.03. The van der Waals surface area contributed by atoms with E-state index in [1.807, 2.05) is 31.2 Å². The monoisotopic (exact) mass is 479 g/mol. The Labute approximate surface area is 180 Å². The van der Waals surface area contributed by atoms with E-state index >= 15 is 0 Å². The van der Waals surface area contributed by atoms with Gasteiger partial charge in [-0.1, -0.05) is 58.3 Å². The molecule has 0 saturated carbocycles. The van der Waals surface area contributed by atoms with Crippen LogP contribution in [0.15, 0.2) is 56.9 Å². The van der Waals surface area contributed by atoms with Crippen molar-refractivity contribution in [1.82, 2.24) is 14.9 Å². The van der Waals surface area contributed by atoms with Crippen LogP contribution < -0.4 is 10.9 Å². The summed E-state index contributed by atoms with van der Waals surface area (Å²) in [4.78, 5) is 29.7. The average molecular weight is 481 g/mol. The summed E-state index contributed by atoms with van der Waals surface area (Å²) in [6.45, 7) is 2.99. The molecule has 1 heterocycles. The first-order valence-electron chi connectivity index (χ1n) is 8.82. The number of amides is 1. The van der Waals surface area contributed by atoms with E-state index in [0.717, 1.165) is 16.5 Å². The molecule has 0 aliphatic heterocycles. The van der Waals surface area contributed by atoms with Crippen LogP contribution in [0.5, 0.6) is 0 Å². The first-order valence-corrected chi connectivity index (χ1v) is 11.0. The number of nitrogens with zero attached hydrogens (tertiary/aromatic N) is 2. The molecule has 146 valence electrons. The van der Waals surface area contributed by atoms with Crippen molar-refractivity contribution >= 4 is 56.1 Å². The molecule has 0 aliphatic carbocycles. The zero-order valence-corrected chi connectivity index (χ0v) is 18.4. The Morgan fingerprint density at radius 2 is 2.00 bits per heavy atom. The van der Waals surface area contributed by atoms with E-state index in [9.17, 15) is 9.59 Å². The van der Waals surface area contributed by atoms with Crippen LogP contribution in [0.4, 0.5) is 0 Å². The number of rotatable bonds is 7. The predicted octanol–water partition coefficient (Wildman–Crippen LogP) is 4.63. The zero-order chi connectivity index (χ0) is 20.1. The number of carbonyl (C=O) groups is 1. The quantitative estimate of drug-likeness (QED) is 0.395. The largest absolute Gasteiger partial charge is 0.351 e. The highest BCUT2D eigenvalue weighted by molar-refractivity contribution is 9.10. The van der Waals surface area contributed by atoms with Crippen LogP contribution in [-0.2, 0) is 17.9 Å². The van der Waals surface area contributed by atoms with E-state index in [1.54, 1.807) is 22.8 Å². The molecule has 0 spiro atoms. The molecular formula is C20H19BrClN3O2S. The van der Waals surface area contributed by atoms with Crippen LogP contribution >= 0.6 is 39.3 Å². The Bertz CT molecular complexity index is 1050. The highest BCUT2D eigenvalue weighted by Crippen LogP contribution is 2.21. The van der Waals surface area contributed by atoms with Crippen molar-refractivity contribution in [1.29, 1.82) is 0 Å². The second kappa shape index (κ2) is 9.58. The van der Waals surface area contributed by atoms with Gasteiger partial charge in [-0.05, 0) is 42.3 Å². The molecule has 5 nitrogen and oxygen atoms in total. The fraction of sp³-hybridized carbons (Fsp3) is 0.250. The SMILES string of the molecule is CCCn1c(SCC(=O)NCc2ccc(Cl)cc2)nc2ccc(Br)cc2c1=O. The smallest absolute Gasteiger partial charge is 0.262 e. The number of thioether (sulfide) groups is 1. The summed E-state index contributed by atoms with van der Waals surface area (Å²) in [6, 6.07) is 12.8. The van der Waals surface area contributed by atoms with Gasteiger partial charge in [0.2, 0.25) is 5.91 Å².